The van der Waals surface area contributed by atoms with Crippen LogP contribution in [0.4, 0.5) is 0 Å². The molecule has 3 rings (SSSR count). The maximum Gasteiger partial charge on any atom is 0.110 e. The number of pyridine rings is 1. The fourth-order valence-corrected chi connectivity index (χ4v) is 2.11. The monoisotopic (exact) mass is 222 g/mol. The number of aromatic nitrogens is 2. The van der Waals surface area contributed by atoms with E-state index in [0.29, 0.717) is 0 Å². The van der Waals surface area contributed by atoms with Gasteiger partial charge in [0.2, 0.25) is 0 Å². The predicted octanol–water partition coefficient (Wildman–Crippen LogP) is 3.62. The Kier molecular flexibility index (Phi) is 2.22. The second kappa shape index (κ2) is 3.74. The quantitative estimate of drug-likeness (QED) is 0.614. The molecule has 0 unspecified atom stereocenters. The lowest BCUT2D eigenvalue weighted by molar-refractivity contribution is 1.05. The molecule has 0 saturated heterocycles. The zero-order chi connectivity index (χ0) is 11.8. The van der Waals surface area contributed by atoms with Crippen molar-refractivity contribution >= 4 is 5.52 Å². The van der Waals surface area contributed by atoms with Gasteiger partial charge in [0, 0.05) is 6.20 Å². The van der Waals surface area contributed by atoms with Crippen LogP contribution in [0.15, 0.2) is 48.8 Å². The highest BCUT2D eigenvalue weighted by molar-refractivity contribution is 5.66. The molecule has 0 atom stereocenters. The number of nitrogens with zero attached hydrogens (tertiary/aromatic N) is 2. The topological polar surface area (TPSA) is 17.3 Å². The highest BCUT2D eigenvalue weighted by atomic mass is 15.0. The van der Waals surface area contributed by atoms with Gasteiger partial charge in [-0.2, -0.15) is 0 Å². The maximum absolute atomic E-state index is 4.31. The van der Waals surface area contributed by atoms with Crippen molar-refractivity contribution in [2.24, 2.45) is 0 Å². The third-order valence-corrected chi connectivity index (χ3v) is 3.06. The number of hydrogen-bond acceptors (Lipinski definition) is 1. The Labute approximate surface area is 101 Å². The summed E-state index contributed by atoms with van der Waals surface area (Å²) in [6.45, 7) is 4.14. The van der Waals surface area contributed by atoms with Gasteiger partial charge in [0.1, 0.15) is 5.82 Å². The van der Waals surface area contributed by atoms with Gasteiger partial charge in [0.15, 0.2) is 0 Å². The third-order valence-electron chi connectivity index (χ3n) is 3.06. The zero-order valence-corrected chi connectivity index (χ0v) is 10.0. The first-order chi connectivity index (χ1) is 8.24. The molecule has 3 aromatic rings. The van der Waals surface area contributed by atoms with Crippen LogP contribution in [0.3, 0.4) is 0 Å². The third kappa shape index (κ3) is 1.72. The molecular formula is C15H14N2. The van der Waals surface area contributed by atoms with Gasteiger partial charge < -0.3 is 4.40 Å². The molecule has 84 valence electrons. The van der Waals surface area contributed by atoms with E-state index in [1.54, 1.807) is 0 Å². The first-order valence-corrected chi connectivity index (χ1v) is 5.75. The number of hydrogen-bond donors (Lipinski definition) is 0. The van der Waals surface area contributed by atoms with Crippen LogP contribution in [0, 0.1) is 13.8 Å². The van der Waals surface area contributed by atoms with E-state index in [1.807, 2.05) is 13.1 Å². The van der Waals surface area contributed by atoms with Gasteiger partial charge in [0.25, 0.3) is 0 Å². The van der Waals surface area contributed by atoms with Crippen LogP contribution in [0.25, 0.3) is 16.6 Å². The molecule has 2 heteroatoms. The molecule has 17 heavy (non-hydrogen) atoms. The zero-order valence-electron chi connectivity index (χ0n) is 10.0. The smallest absolute Gasteiger partial charge is 0.110 e. The van der Waals surface area contributed by atoms with E-state index in [4.69, 9.17) is 0 Å². The Hall–Kier alpha value is -2.09. The van der Waals surface area contributed by atoms with Crippen molar-refractivity contribution in [2.45, 2.75) is 13.8 Å². The van der Waals surface area contributed by atoms with E-state index in [-0.39, 0.29) is 0 Å². The van der Waals surface area contributed by atoms with Crippen LogP contribution in [0.2, 0.25) is 0 Å². The van der Waals surface area contributed by atoms with Crippen molar-refractivity contribution in [3.63, 3.8) is 0 Å². The Morgan fingerprint density at radius 1 is 1.00 bits per heavy atom. The summed E-state index contributed by atoms with van der Waals surface area (Å²) in [6.07, 6.45) is 4.04. The van der Waals surface area contributed by atoms with Gasteiger partial charge in [0.05, 0.1) is 11.7 Å². The van der Waals surface area contributed by atoms with Crippen molar-refractivity contribution in [1.82, 2.24) is 9.38 Å². The lowest BCUT2D eigenvalue weighted by Crippen LogP contribution is -1.89. The van der Waals surface area contributed by atoms with Crippen molar-refractivity contribution < 1.29 is 0 Å². The highest BCUT2D eigenvalue weighted by Crippen LogP contribution is 2.21. The minimum absolute atomic E-state index is 1.02. The molecular weight excluding hydrogens is 208 g/mol. The minimum atomic E-state index is 1.02. The first kappa shape index (κ1) is 10.1. The molecule has 2 heterocycles. The number of benzene rings is 1. The van der Waals surface area contributed by atoms with E-state index >= 15 is 0 Å². The fraction of sp³-hybridized carbons (Fsp3) is 0.133. The Morgan fingerprint density at radius 3 is 2.71 bits per heavy atom. The summed E-state index contributed by atoms with van der Waals surface area (Å²) < 4.78 is 2.12. The van der Waals surface area contributed by atoms with Crippen molar-refractivity contribution in [1.29, 1.82) is 0 Å². The predicted molar refractivity (Wildman–Crippen MR) is 70.1 cm³/mol. The molecule has 0 fully saturated rings. The molecule has 1 aromatic carbocycles. The van der Waals surface area contributed by atoms with E-state index in [2.05, 4.69) is 58.9 Å². The fourth-order valence-electron chi connectivity index (χ4n) is 2.11. The maximum atomic E-state index is 4.31. The van der Waals surface area contributed by atoms with Crippen LogP contribution < -0.4 is 0 Å². The SMILES string of the molecule is Cc1cccc(-c2ccc3cnc(C)n3c2)c1. The lowest BCUT2D eigenvalue weighted by atomic mass is 10.1. The molecule has 2 aromatic heterocycles. The Morgan fingerprint density at radius 2 is 1.88 bits per heavy atom. The van der Waals surface area contributed by atoms with Crippen LogP contribution in [0.1, 0.15) is 11.4 Å². The van der Waals surface area contributed by atoms with Crippen molar-refractivity contribution in [3.05, 3.63) is 60.2 Å². The van der Waals surface area contributed by atoms with Crippen LogP contribution in [-0.2, 0) is 0 Å². The summed E-state index contributed by atoms with van der Waals surface area (Å²) in [7, 11) is 0. The molecule has 0 aliphatic rings. The summed E-state index contributed by atoms with van der Waals surface area (Å²) >= 11 is 0. The van der Waals surface area contributed by atoms with Gasteiger partial charge in [-0.15, -0.1) is 0 Å². The molecule has 0 saturated carbocycles. The van der Waals surface area contributed by atoms with Gasteiger partial charge in [-0.05, 0) is 31.0 Å². The Balaban J connectivity index is 2.20. The average Bonchev–Trinajstić information content (AvgIpc) is 2.71. The van der Waals surface area contributed by atoms with Gasteiger partial charge in [-0.1, -0.05) is 35.9 Å². The average molecular weight is 222 g/mol. The number of aryl methyl sites for hydroxylation is 2. The summed E-state index contributed by atoms with van der Waals surface area (Å²) in [6, 6.07) is 12.8. The van der Waals surface area contributed by atoms with Crippen molar-refractivity contribution in [3.8, 4) is 11.1 Å². The minimum Gasteiger partial charge on any atom is -0.303 e. The summed E-state index contributed by atoms with van der Waals surface area (Å²) in [5.74, 6) is 1.02. The van der Waals surface area contributed by atoms with Crippen LogP contribution in [-0.4, -0.2) is 9.38 Å². The molecule has 0 aliphatic heterocycles. The van der Waals surface area contributed by atoms with E-state index in [9.17, 15) is 0 Å². The summed E-state index contributed by atoms with van der Waals surface area (Å²) in [5, 5.41) is 0. The molecule has 2 nitrogen and oxygen atoms in total. The second-order valence-corrected chi connectivity index (χ2v) is 4.39. The molecule has 0 aliphatic carbocycles. The normalized spacial score (nSPS) is 10.9. The molecule has 0 radical (unpaired) electrons. The van der Waals surface area contributed by atoms with E-state index < -0.39 is 0 Å². The first-order valence-electron chi connectivity index (χ1n) is 5.75. The van der Waals surface area contributed by atoms with E-state index in [1.165, 1.54) is 16.7 Å². The molecule has 0 spiro atoms. The summed E-state index contributed by atoms with van der Waals surface area (Å²) in [5.41, 5.74) is 4.89. The number of fused-ring (bicyclic) bond motifs is 1. The molecule has 0 amide bonds. The molecule has 0 bridgehead atoms. The van der Waals surface area contributed by atoms with Crippen LogP contribution in [0.5, 0.6) is 0 Å². The highest BCUT2D eigenvalue weighted by Gasteiger charge is 2.02. The Bertz CT molecular complexity index is 680. The van der Waals surface area contributed by atoms with Crippen LogP contribution >= 0.6 is 0 Å². The van der Waals surface area contributed by atoms with Crippen molar-refractivity contribution in [2.75, 3.05) is 0 Å². The standard InChI is InChI=1S/C15H14N2/c1-11-4-3-5-13(8-11)14-6-7-15-9-16-12(2)17(15)10-14/h3-10H,1-2H3. The lowest BCUT2D eigenvalue weighted by Gasteiger charge is -2.05. The number of rotatable bonds is 1. The van der Waals surface area contributed by atoms with Gasteiger partial charge >= 0.3 is 0 Å². The number of imidazole rings is 1. The summed E-state index contributed by atoms with van der Waals surface area (Å²) in [4.78, 5) is 4.31. The van der Waals surface area contributed by atoms with Gasteiger partial charge in [-0.25, -0.2) is 4.98 Å². The van der Waals surface area contributed by atoms with Gasteiger partial charge in [-0.3, -0.25) is 0 Å². The second-order valence-electron chi connectivity index (χ2n) is 4.39. The largest absolute Gasteiger partial charge is 0.303 e. The van der Waals surface area contributed by atoms with E-state index in [0.717, 1.165) is 11.3 Å². The molecule has 0 N–H and O–H groups in total.